The second kappa shape index (κ2) is 9.12. The summed E-state index contributed by atoms with van der Waals surface area (Å²) in [5, 5.41) is 3.37. The lowest BCUT2D eigenvalue weighted by Gasteiger charge is -2.17. The van der Waals surface area contributed by atoms with Crippen LogP contribution in [0.15, 0.2) is 65.8 Å². The van der Waals surface area contributed by atoms with E-state index in [1.54, 1.807) is 48.5 Å². The van der Waals surface area contributed by atoms with Gasteiger partial charge >= 0.3 is 5.97 Å². The number of hydrogen-bond donors (Lipinski definition) is 0. The first kappa shape index (κ1) is 17.2. The molecule has 0 bridgehead atoms. The quantitative estimate of drug-likeness (QED) is 0.181. The van der Waals surface area contributed by atoms with Gasteiger partial charge in [-0.25, -0.2) is 0 Å². The zero-order valence-electron chi connectivity index (χ0n) is 13.0. The number of carbonyl (C=O) groups excluding carboxylic acids is 2. The van der Waals surface area contributed by atoms with Crippen LogP contribution in [0.1, 0.15) is 34.9 Å². The number of nitrogens with zero attached hydrogens (tertiary/aromatic N) is 3. The number of esters is 1. The molecule has 1 atom stereocenters. The SMILES string of the molecule is [N-]=[N+]=NCCCC(=O)OC(C(=O)c1ccccc1)c1ccccc1. The van der Waals surface area contributed by atoms with E-state index in [0.29, 0.717) is 17.5 Å². The molecular formula is C18H17N3O3. The third-order valence-corrected chi connectivity index (χ3v) is 3.35. The molecule has 24 heavy (non-hydrogen) atoms. The number of Topliss-reactive ketones (excluding diaryl/α,β-unsaturated/α-hetero) is 1. The summed E-state index contributed by atoms with van der Waals surface area (Å²) in [5.41, 5.74) is 9.32. The third-order valence-electron chi connectivity index (χ3n) is 3.35. The molecular weight excluding hydrogens is 306 g/mol. The third kappa shape index (κ3) is 4.97. The van der Waals surface area contributed by atoms with Crippen LogP contribution in [-0.2, 0) is 9.53 Å². The zero-order chi connectivity index (χ0) is 17.2. The average Bonchev–Trinajstić information content (AvgIpc) is 2.64. The first-order chi connectivity index (χ1) is 11.7. The standard InChI is InChI=1S/C18H17N3O3/c19-21-20-13-7-12-16(22)24-18(15-10-5-2-6-11-15)17(23)14-8-3-1-4-9-14/h1-6,8-11,18H,7,12-13H2. The summed E-state index contributed by atoms with van der Waals surface area (Å²) in [7, 11) is 0. The van der Waals surface area contributed by atoms with E-state index in [9.17, 15) is 9.59 Å². The number of ether oxygens (including phenoxy) is 1. The molecule has 0 radical (unpaired) electrons. The summed E-state index contributed by atoms with van der Waals surface area (Å²) in [4.78, 5) is 27.4. The van der Waals surface area contributed by atoms with Crippen molar-refractivity contribution in [3.63, 3.8) is 0 Å². The van der Waals surface area contributed by atoms with E-state index in [2.05, 4.69) is 10.0 Å². The Kier molecular flexibility index (Phi) is 6.56. The smallest absolute Gasteiger partial charge is 0.306 e. The van der Waals surface area contributed by atoms with Gasteiger partial charge in [0.05, 0.1) is 0 Å². The lowest BCUT2D eigenvalue weighted by atomic mass is 10.00. The molecule has 1 unspecified atom stereocenters. The van der Waals surface area contributed by atoms with Crippen molar-refractivity contribution in [1.82, 2.24) is 0 Å². The topological polar surface area (TPSA) is 92.1 Å². The van der Waals surface area contributed by atoms with Crippen LogP contribution in [0.2, 0.25) is 0 Å². The van der Waals surface area contributed by atoms with Crippen LogP contribution >= 0.6 is 0 Å². The molecule has 2 aromatic carbocycles. The highest BCUT2D eigenvalue weighted by atomic mass is 16.5. The minimum atomic E-state index is -0.986. The van der Waals surface area contributed by atoms with E-state index in [1.807, 2.05) is 12.1 Å². The van der Waals surface area contributed by atoms with Crippen LogP contribution in [0.5, 0.6) is 0 Å². The number of azide groups is 1. The predicted molar refractivity (Wildman–Crippen MR) is 89.3 cm³/mol. The van der Waals surface area contributed by atoms with Gasteiger partial charge in [0.2, 0.25) is 5.78 Å². The molecule has 0 aliphatic rings. The van der Waals surface area contributed by atoms with Gasteiger partial charge in [-0.3, -0.25) is 9.59 Å². The maximum absolute atomic E-state index is 12.7. The fourth-order valence-corrected chi connectivity index (χ4v) is 2.18. The molecule has 0 aliphatic carbocycles. The van der Waals surface area contributed by atoms with Gasteiger partial charge in [-0.15, -0.1) is 0 Å². The minimum absolute atomic E-state index is 0.0877. The van der Waals surface area contributed by atoms with Crippen molar-refractivity contribution < 1.29 is 14.3 Å². The molecule has 0 saturated heterocycles. The highest BCUT2D eigenvalue weighted by Crippen LogP contribution is 2.23. The maximum atomic E-state index is 12.7. The van der Waals surface area contributed by atoms with Crippen LogP contribution < -0.4 is 0 Å². The molecule has 0 heterocycles. The summed E-state index contributed by atoms with van der Waals surface area (Å²) in [6.07, 6.45) is -0.519. The molecule has 0 amide bonds. The van der Waals surface area contributed by atoms with Crippen LogP contribution in [0.25, 0.3) is 10.4 Å². The molecule has 2 aromatic rings. The van der Waals surface area contributed by atoms with Crippen molar-refractivity contribution in [3.8, 4) is 0 Å². The van der Waals surface area contributed by atoms with Crippen LogP contribution in [0.4, 0.5) is 0 Å². The maximum Gasteiger partial charge on any atom is 0.306 e. The number of benzene rings is 2. The largest absolute Gasteiger partial charge is 0.449 e. The molecule has 0 aliphatic heterocycles. The van der Waals surface area contributed by atoms with E-state index in [1.165, 1.54) is 0 Å². The van der Waals surface area contributed by atoms with Crippen molar-refractivity contribution in [2.75, 3.05) is 6.54 Å². The first-order valence-corrected chi connectivity index (χ1v) is 7.57. The Hall–Kier alpha value is -3.11. The van der Waals surface area contributed by atoms with Gasteiger partial charge in [-0.2, -0.15) is 0 Å². The lowest BCUT2D eigenvalue weighted by molar-refractivity contribution is -0.147. The normalized spacial score (nSPS) is 11.2. The van der Waals surface area contributed by atoms with E-state index in [4.69, 9.17) is 10.3 Å². The predicted octanol–water partition coefficient (Wildman–Crippen LogP) is 4.24. The van der Waals surface area contributed by atoms with E-state index >= 15 is 0 Å². The summed E-state index contributed by atoms with van der Waals surface area (Å²) in [6, 6.07) is 17.6. The summed E-state index contributed by atoms with van der Waals surface area (Å²) >= 11 is 0. The molecule has 0 spiro atoms. The number of ketones is 1. The Morgan fingerprint density at radius 3 is 2.29 bits per heavy atom. The summed E-state index contributed by atoms with van der Waals surface area (Å²) < 4.78 is 5.41. The second-order valence-corrected chi connectivity index (χ2v) is 5.07. The van der Waals surface area contributed by atoms with E-state index in [0.717, 1.165) is 0 Å². The molecule has 0 N–H and O–H groups in total. The van der Waals surface area contributed by atoms with Gasteiger partial charge in [0.1, 0.15) is 0 Å². The van der Waals surface area contributed by atoms with Crippen molar-refractivity contribution in [2.24, 2.45) is 5.11 Å². The molecule has 2 rings (SSSR count). The molecule has 6 nitrogen and oxygen atoms in total. The first-order valence-electron chi connectivity index (χ1n) is 7.57. The Morgan fingerprint density at radius 1 is 1.04 bits per heavy atom. The Balaban J connectivity index is 2.13. The van der Waals surface area contributed by atoms with Crippen molar-refractivity contribution in [1.29, 1.82) is 0 Å². The highest BCUT2D eigenvalue weighted by molar-refractivity contribution is 6.00. The van der Waals surface area contributed by atoms with Gasteiger partial charge in [-0.05, 0) is 12.0 Å². The Morgan fingerprint density at radius 2 is 1.67 bits per heavy atom. The van der Waals surface area contributed by atoms with Gasteiger partial charge in [-0.1, -0.05) is 65.8 Å². The average molecular weight is 323 g/mol. The molecule has 0 aromatic heterocycles. The van der Waals surface area contributed by atoms with Gasteiger partial charge < -0.3 is 4.74 Å². The molecule has 6 heteroatoms. The van der Waals surface area contributed by atoms with Gasteiger partial charge in [0.15, 0.2) is 6.10 Å². The Bertz CT molecular complexity index is 726. The fraction of sp³-hybridized carbons (Fsp3) is 0.222. The van der Waals surface area contributed by atoms with Crippen LogP contribution in [-0.4, -0.2) is 18.3 Å². The van der Waals surface area contributed by atoms with Crippen molar-refractivity contribution in [2.45, 2.75) is 18.9 Å². The van der Waals surface area contributed by atoms with Crippen molar-refractivity contribution in [3.05, 3.63) is 82.2 Å². The molecule has 0 saturated carbocycles. The second-order valence-electron chi connectivity index (χ2n) is 5.07. The Labute approximate surface area is 139 Å². The number of hydrogen-bond acceptors (Lipinski definition) is 4. The zero-order valence-corrected chi connectivity index (χ0v) is 13.0. The molecule has 0 fully saturated rings. The summed E-state index contributed by atoms with van der Waals surface area (Å²) in [5.74, 6) is -0.772. The monoisotopic (exact) mass is 323 g/mol. The fourth-order valence-electron chi connectivity index (χ4n) is 2.18. The minimum Gasteiger partial charge on any atom is -0.449 e. The highest BCUT2D eigenvalue weighted by Gasteiger charge is 2.25. The lowest BCUT2D eigenvalue weighted by Crippen LogP contribution is -2.20. The van der Waals surface area contributed by atoms with Crippen LogP contribution in [0, 0.1) is 0 Å². The van der Waals surface area contributed by atoms with Crippen LogP contribution in [0.3, 0.4) is 0 Å². The van der Waals surface area contributed by atoms with Gasteiger partial charge in [0, 0.05) is 29.0 Å². The summed E-state index contributed by atoms with van der Waals surface area (Å²) in [6.45, 7) is 0.217. The van der Waals surface area contributed by atoms with E-state index < -0.39 is 12.1 Å². The number of rotatable bonds is 8. The van der Waals surface area contributed by atoms with Crippen molar-refractivity contribution >= 4 is 11.8 Å². The number of carbonyl (C=O) groups is 2. The van der Waals surface area contributed by atoms with Gasteiger partial charge in [0.25, 0.3) is 0 Å². The molecule has 122 valence electrons. The van der Waals surface area contributed by atoms with E-state index in [-0.39, 0.29) is 18.7 Å².